The minimum atomic E-state index is -0.487. The van der Waals surface area contributed by atoms with E-state index in [2.05, 4.69) is 29.5 Å². The number of hydrogen-bond acceptors (Lipinski definition) is 7. The van der Waals surface area contributed by atoms with E-state index in [1.54, 1.807) is 0 Å². The minimum absolute atomic E-state index is 0.0178. The van der Waals surface area contributed by atoms with Crippen LogP contribution >= 0.6 is 0 Å². The van der Waals surface area contributed by atoms with Crippen LogP contribution < -0.4 is 21.7 Å². The highest BCUT2D eigenvalue weighted by atomic mass is 16.6. The van der Waals surface area contributed by atoms with Crippen LogP contribution in [0.5, 0.6) is 0 Å². The van der Waals surface area contributed by atoms with Crippen LogP contribution in [0.25, 0.3) is 0 Å². The van der Waals surface area contributed by atoms with E-state index < -0.39 is 6.09 Å². The van der Waals surface area contributed by atoms with Crippen molar-refractivity contribution >= 4 is 29.8 Å². The van der Waals surface area contributed by atoms with Gasteiger partial charge in [0.2, 0.25) is 0 Å². The zero-order chi connectivity index (χ0) is 32.7. The molecule has 5 N–H and O–H groups in total. The first-order chi connectivity index (χ1) is 21.9. The van der Waals surface area contributed by atoms with Gasteiger partial charge in [-0.2, -0.15) is 0 Å². The minimum Gasteiger partial charge on any atom is -0.445 e. The maximum absolute atomic E-state index is 12.0. The predicted molar refractivity (Wildman–Crippen MR) is 179 cm³/mol. The monoisotopic (exact) mass is 610 g/mol. The number of fused-ring (bicyclic) bond motifs is 1. The summed E-state index contributed by atoms with van der Waals surface area (Å²) in [5.74, 6) is 0. The molecule has 2 amide bonds. The Morgan fingerprint density at radius 3 is 1.78 bits per heavy atom. The first-order valence-electron chi connectivity index (χ1n) is 14.5. The van der Waals surface area contributed by atoms with Gasteiger partial charge < -0.3 is 30.6 Å². The summed E-state index contributed by atoms with van der Waals surface area (Å²) >= 11 is 0. The summed E-state index contributed by atoms with van der Waals surface area (Å²) in [7, 11) is 0. The van der Waals surface area contributed by atoms with E-state index in [9.17, 15) is 9.59 Å². The lowest BCUT2D eigenvalue weighted by Gasteiger charge is -2.31. The normalized spacial score (nSPS) is 13.8. The first-order valence-corrected chi connectivity index (χ1v) is 14.5. The Balaban J connectivity index is 0.000000258. The van der Waals surface area contributed by atoms with E-state index >= 15 is 0 Å². The lowest BCUT2D eigenvalue weighted by Crippen LogP contribution is -2.36. The molecule has 0 saturated heterocycles. The Labute approximate surface area is 265 Å². The second-order valence-corrected chi connectivity index (χ2v) is 9.68. The number of amides is 2. The molecule has 9 heteroatoms. The Morgan fingerprint density at radius 2 is 1.29 bits per heavy atom. The molecule has 4 aromatic carbocycles. The number of alkyl carbamates (subject to hydrolysis) is 2. The van der Waals surface area contributed by atoms with Gasteiger partial charge in [-0.25, -0.2) is 9.59 Å². The molecule has 4 aromatic rings. The third kappa shape index (κ3) is 14.9. The Bertz CT molecular complexity index is 1420. The molecule has 1 heterocycles. The van der Waals surface area contributed by atoms with Crippen LogP contribution in [0.2, 0.25) is 0 Å². The van der Waals surface area contributed by atoms with E-state index in [-0.39, 0.29) is 25.3 Å². The van der Waals surface area contributed by atoms with Gasteiger partial charge in [0.05, 0.1) is 6.04 Å². The van der Waals surface area contributed by atoms with Crippen molar-refractivity contribution < 1.29 is 23.9 Å². The molecular weight excluding hydrogens is 568 g/mol. The SMILES string of the molecule is C=CNC(=O)OCc1ccccc1.CC1CC(NC(=O)OCc2ccccc2)c2ccccc2N1.CC=O.Nc1ccccc1. The number of benzene rings is 4. The highest BCUT2D eigenvalue weighted by Crippen LogP contribution is 2.32. The number of ether oxygens (including phenoxy) is 2. The zero-order valence-corrected chi connectivity index (χ0v) is 25.7. The van der Waals surface area contributed by atoms with Crippen LogP contribution in [0, 0.1) is 0 Å². The maximum atomic E-state index is 12.0. The Kier molecular flexibility index (Phi) is 16.8. The number of para-hydroxylation sites is 2. The first kappa shape index (κ1) is 35.6. The molecule has 5 rings (SSSR count). The Morgan fingerprint density at radius 1 is 0.822 bits per heavy atom. The molecule has 9 nitrogen and oxygen atoms in total. The van der Waals surface area contributed by atoms with Crippen LogP contribution in [-0.2, 0) is 27.5 Å². The molecule has 0 spiro atoms. The van der Waals surface area contributed by atoms with Crippen LogP contribution in [0.1, 0.15) is 43.0 Å². The molecule has 1 aliphatic rings. The van der Waals surface area contributed by atoms with Gasteiger partial charge in [0.15, 0.2) is 0 Å². The molecule has 0 saturated carbocycles. The fourth-order valence-electron chi connectivity index (χ4n) is 4.08. The number of aldehydes is 1. The quantitative estimate of drug-likeness (QED) is 0.132. The summed E-state index contributed by atoms with van der Waals surface area (Å²) in [5, 5.41) is 8.72. The summed E-state index contributed by atoms with van der Waals surface area (Å²) in [6.07, 6.45) is 2.02. The smallest absolute Gasteiger partial charge is 0.411 e. The molecule has 1 aliphatic heterocycles. The predicted octanol–water partition coefficient (Wildman–Crippen LogP) is 7.39. The van der Waals surface area contributed by atoms with E-state index in [4.69, 9.17) is 20.0 Å². The number of nitrogen functional groups attached to an aromatic ring is 1. The van der Waals surface area contributed by atoms with Gasteiger partial charge in [-0.05, 0) is 61.4 Å². The molecule has 45 heavy (non-hydrogen) atoms. The van der Waals surface area contributed by atoms with Crippen LogP contribution in [0.15, 0.2) is 128 Å². The number of nitrogens with two attached hydrogens (primary N) is 1. The fraction of sp³-hybridized carbons (Fsp3) is 0.194. The molecular formula is C36H42N4O5. The number of anilines is 2. The number of nitrogens with one attached hydrogen (secondary N) is 3. The van der Waals surface area contributed by atoms with Crippen molar-refractivity contribution in [1.29, 1.82) is 0 Å². The highest BCUT2D eigenvalue weighted by Gasteiger charge is 2.25. The molecule has 0 aromatic heterocycles. The third-order valence-electron chi connectivity index (χ3n) is 6.06. The molecule has 0 bridgehead atoms. The fourth-order valence-corrected chi connectivity index (χ4v) is 4.08. The van der Waals surface area contributed by atoms with Gasteiger partial charge in [0, 0.05) is 17.4 Å². The number of carbonyl (C=O) groups is 3. The lowest BCUT2D eigenvalue weighted by molar-refractivity contribution is -0.106. The van der Waals surface area contributed by atoms with Crippen molar-refractivity contribution in [1.82, 2.24) is 10.6 Å². The summed E-state index contributed by atoms with van der Waals surface area (Å²) in [6.45, 7) is 7.46. The van der Waals surface area contributed by atoms with Gasteiger partial charge in [0.1, 0.15) is 19.5 Å². The van der Waals surface area contributed by atoms with Crippen molar-refractivity contribution in [2.75, 3.05) is 11.1 Å². The van der Waals surface area contributed by atoms with E-state index in [1.807, 2.05) is 115 Å². The zero-order valence-electron chi connectivity index (χ0n) is 25.7. The Hall–Kier alpha value is -5.57. The van der Waals surface area contributed by atoms with Crippen molar-refractivity contribution in [2.24, 2.45) is 0 Å². The van der Waals surface area contributed by atoms with Gasteiger partial charge >= 0.3 is 12.2 Å². The van der Waals surface area contributed by atoms with Crippen LogP contribution in [-0.4, -0.2) is 24.5 Å². The van der Waals surface area contributed by atoms with Crippen molar-refractivity contribution in [2.45, 2.75) is 45.6 Å². The largest absolute Gasteiger partial charge is 0.445 e. The summed E-state index contributed by atoms with van der Waals surface area (Å²) in [5.41, 5.74) is 10.3. The van der Waals surface area contributed by atoms with Gasteiger partial charge in [-0.3, -0.25) is 5.32 Å². The second-order valence-electron chi connectivity index (χ2n) is 9.68. The molecule has 2 unspecified atom stereocenters. The maximum Gasteiger partial charge on any atom is 0.411 e. The number of carbonyl (C=O) groups excluding carboxylic acids is 3. The number of hydrogen-bond donors (Lipinski definition) is 4. The van der Waals surface area contributed by atoms with E-state index in [1.165, 1.54) is 13.1 Å². The van der Waals surface area contributed by atoms with Gasteiger partial charge in [-0.1, -0.05) is 104 Å². The summed E-state index contributed by atoms with van der Waals surface area (Å²) in [4.78, 5) is 31.7. The molecule has 0 aliphatic carbocycles. The van der Waals surface area contributed by atoms with Crippen molar-refractivity contribution in [3.63, 3.8) is 0 Å². The summed E-state index contributed by atoms with van der Waals surface area (Å²) < 4.78 is 10.2. The standard InChI is InChI=1S/C18H20N2O2.C10H11NO2.C6H7N.C2H4O/c1-13-11-17(15-9-5-6-10-16(15)19-13)20-18(21)22-12-14-7-3-2-4-8-14;1-2-11-10(12)13-8-9-6-4-3-5-7-9;7-6-4-2-1-3-5-6;1-2-3/h2-10,13,17,19H,11-12H2,1H3,(H,20,21);2-7H,1,8H2,(H,11,12);1-5H,7H2;2H,1H3. The topological polar surface area (TPSA) is 132 Å². The van der Waals surface area contributed by atoms with Crippen molar-refractivity contribution in [3.8, 4) is 0 Å². The third-order valence-corrected chi connectivity index (χ3v) is 6.06. The highest BCUT2D eigenvalue weighted by molar-refractivity contribution is 5.69. The average molecular weight is 611 g/mol. The van der Waals surface area contributed by atoms with Gasteiger partial charge in [0.25, 0.3) is 0 Å². The van der Waals surface area contributed by atoms with Gasteiger partial charge in [-0.15, -0.1) is 0 Å². The second kappa shape index (κ2) is 21.2. The average Bonchev–Trinajstić information content (AvgIpc) is 3.05. The van der Waals surface area contributed by atoms with E-state index in [0.29, 0.717) is 6.04 Å². The molecule has 0 fully saturated rings. The van der Waals surface area contributed by atoms with E-state index in [0.717, 1.165) is 40.8 Å². The van der Waals surface area contributed by atoms with Crippen LogP contribution in [0.4, 0.5) is 21.0 Å². The van der Waals surface area contributed by atoms with Crippen LogP contribution in [0.3, 0.4) is 0 Å². The molecule has 236 valence electrons. The summed E-state index contributed by atoms with van der Waals surface area (Å²) in [6, 6.07) is 37.0. The molecule has 0 radical (unpaired) electrons. The number of rotatable bonds is 6. The lowest BCUT2D eigenvalue weighted by atomic mass is 9.94. The van der Waals surface area contributed by atoms with Crippen molar-refractivity contribution in [3.05, 3.63) is 145 Å². The molecule has 2 atom stereocenters.